The molecule has 0 fully saturated rings. The molecule has 1 nitrogen and oxygen atoms in total. The number of halogens is 17. The van der Waals surface area contributed by atoms with Gasteiger partial charge in [0.25, 0.3) is 0 Å². The maximum absolute atomic E-state index is 10.6. The van der Waals surface area contributed by atoms with Gasteiger partial charge in [-0.05, 0) is 31.9 Å². The lowest BCUT2D eigenvalue weighted by molar-refractivity contribution is 0.228. The van der Waals surface area contributed by atoms with Gasteiger partial charge in [-0.15, -0.1) is 0 Å². The normalized spacial score (nSPS) is 16.8. The van der Waals surface area contributed by atoms with Crippen molar-refractivity contribution < 1.29 is 5.11 Å². The Morgan fingerprint density at radius 3 is 0.769 bits per heavy atom. The van der Waals surface area contributed by atoms with Gasteiger partial charge in [-0.2, -0.15) is 0 Å². The summed E-state index contributed by atoms with van der Waals surface area (Å²) in [6, 6.07) is 0. The molecule has 0 aromatic rings. The first-order valence-corrected chi connectivity index (χ1v) is 18.7. The van der Waals surface area contributed by atoms with E-state index in [1.54, 1.807) is 0 Å². The highest BCUT2D eigenvalue weighted by atomic mass is 80.0. The summed E-state index contributed by atoms with van der Waals surface area (Å²) in [4.78, 5) is 0. The Bertz CT molecular complexity index is 504. The van der Waals surface area contributed by atoms with E-state index in [2.05, 4.69) is 271 Å². The van der Waals surface area contributed by atoms with Gasteiger partial charge in [0.1, 0.15) is 14.0 Å². The van der Waals surface area contributed by atoms with Crippen LogP contribution in [0.15, 0.2) is 0 Å². The summed E-state index contributed by atoms with van der Waals surface area (Å²) in [5.41, 5.74) is 0. The molecule has 0 amide bonds. The molecule has 0 atom stereocenters. The third-order valence-electron chi connectivity index (χ3n) is 2.77. The molecule has 0 saturated carbocycles. The van der Waals surface area contributed by atoms with Gasteiger partial charge in [-0.25, -0.2) is 0 Å². The Kier molecular flexibility index (Phi) is 14.2. The molecular weight excluding hydrogens is 1470 g/mol. The number of hydrogen-bond acceptors (Lipinski definition) is 1. The third kappa shape index (κ3) is 6.15. The predicted octanol–water partition coefficient (Wildman–Crippen LogP) is 12.2. The first-order valence-electron chi connectivity index (χ1n) is 5.19. The molecule has 0 heterocycles. The van der Waals surface area contributed by atoms with Crippen LogP contribution >= 0.6 is 271 Å². The van der Waals surface area contributed by atoms with Crippen molar-refractivity contribution in [3.63, 3.8) is 0 Å². The highest BCUT2D eigenvalue weighted by Gasteiger charge is 2.79. The summed E-state index contributed by atoms with van der Waals surface area (Å²) in [7, 11) is 0. The van der Waals surface area contributed by atoms with E-state index in [1.807, 2.05) is 0 Å². The van der Waals surface area contributed by atoms with Crippen molar-refractivity contribution in [1.82, 2.24) is 0 Å². The van der Waals surface area contributed by atoms with E-state index in [-0.39, 0.29) is 0 Å². The van der Waals surface area contributed by atoms with Gasteiger partial charge in [0.15, 0.2) is 7.52 Å². The van der Waals surface area contributed by atoms with Gasteiger partial charge in [0, 0.05) is 0 Å². The fourth-order valence-corrected chi connectivity index (χ4v) is 19.8. The molecule has 0 aliphatic carbocycles. The number of rotatable bonds is 5. The van der Waals surface area contributed by atoms with Crippen LogP contribution in [0, 0.1) is 0 Å². The van der Waals surface area contributed by atoms with Crippen LogP contribution in [-0.4, -0.2) is 30.1 Å². The maximum Gasteiger partial charge on any atom is 0.202 e. The molecule has 0 rings (SSSR count). The van der Waals surface area contributed by atoms with Crippen LogP contribution in [-0.2, 0) is 0 Å². The zero-order valence-electron chi connectivity index (χ0n) is 10.9. The molecule has 0 radical (unpaired) electrons. The molecule has 0 aromatic carbocycles. The van der Waals surface area contributed by atoms with Crippen LogP contribution in [0.1, 0.15) is 0 Å². The van der Waals surface area contributed by atoms with Crippen LogP contribution in [0.25, 0.3) is 0 Å². The van der Waals surface area contributed by atoms with Gasteiger partial charge in [0.05, 0.1) is 0 Å². The summed E-state index contributed by atoms with van der Waals surface area (Å²) >= 11 is 61.1. The lowest BCUT2D eigenvalue weighted by Gasteiger charge is -2.58. The van der Waals surface area contributed by atoms with Gasteiger partial charge < -0.3 is 5.11 Å². The van der Waals surface area contributed by atoms with Crippen molar-refractivity contribution in [2.24, 2.45) is 0 Å². The Morgan fingerprint density at radius 2 is 0.577 bits per heavy atom. The molecule has 0 saturated heterocycles. The predicted molar refractivity (Wildman–Crippen MR) is 176 cm³/mol. The molecule has 0 aromatic heterocycles. The first kappa shape index (κ1) is 34.1. The zero-order valence-corrected chi connectivity index (χ0v) is 37.8. The Hall–Kier alpha value is 8.12. The summed E-state index contributed by atoms with van der Waals surface area (Å²) in [6.45, 7) is 0. The van der Waals surface area contributed by atoms with E-state index >= 15 is 0 Å². The maximum atomic E-state index is 10.6. The van der Waals surface area contributed by atoms with Crippen molar-refractivity contribution >= 4 is 271 Å². The van der Waals surface area contributed by atoms with Gasteiger partial charge in [-0.3, -0.25) is 0 Å². The average Bonchev–Trinajstić information content (AvgIpc) is 2.32. The summed E-state index contributed by atoms with van der Waals surface area (Å²) in [5, 5.41) is 10.6. The topological polar surface area (TPSA) is 20.2 Å². The Balaban J connectivity index is 6.86. The average molecular weight is 1470 g/mol. The van der Waals surface area contributed by atoms with Crippen LogP contribution in [0.2, 0.25) is 0 Å². The van der Waals surface area contributed by atoms with E-state index in [1.165, 1.54) is 0 Å². The molecule has 0 bridgehead atoms. The van der Waals surface area contributed by atoms with Gasteiger partial charge in [-0.1, -0.05) is 239 Å². The highest BCUT2D eigenvalue weighted by Crippen LogP contribution is 2.78. The van der Waals surface area contributed by atoms with E-state index in [4.69, 9.17) is 0 Å². The second-order valence-electron chi connectivity index (χ2n) is 4.49. The van der Waals surface area contributed by atoms with Crippen molar-refractivity contribution in [2.75, 3.05) is 0 Å². The summed E-state index contributed by atoms with van der Waals surface area (Å²) in [6.07, 6.45) is 0. The van der Waals surface area contributed by atoms with E-state index in [0.717, 1.165) is 0 Å². The molecule has 0 aliphatic heterocycles. The zero-order chi connectivity index (χ0) is 22.0. The molecule has 0 aliphatic rings. The van der Waals surface area contributed by atoms with E-state index < -0.39 is 25.0 Å². The van der Waals surface area contributed by atoms with Gasteiger partial charge in [0.2, 0.25) is 3.42 Å². The molecule has 26 heavy (non-hydrogen) atoms. The fraction of sp³-hybridized carbons (Fsp3) is 1.00. The standard InChI is InChI=1S/C8HBr17O/c9-1(6(18,19)20,7(21,22)23)2(10,11)3(12,13)4(14,15)5(16,17)8(24,25)26/h26H. The molecule has 0 unspecified atom stereocenters. The summed E-state index contributed by atoms with van der Waals surface area (Å²) in [5.74, 6) is 0. The molecule has 158 valence electrons. The molecule has 1 N–H and O–H groups in total. The van der Waals surface area contributed by atoms with E-state index in [0.29, 0.717) is 0 Å². The van der Waals surface area contributed by atoms with Crippen molar-refractivity contribution in [3.05, 3.63) is 0 Å². The molecule has 0 spiro atoms. The lowest BCUT2D eigenvalue weighted by atomic mass is 10.0. The minimum Gasteiger partial charge on any atom is -0.368 e. The van der Waals surface area contributed by atoms with Crippen LogP contribution in [0.5, 0.6) is 0 Å². The molecular formula is C8HBr17O. The monoisotopic (exact) mass is 1450 g/mol. The highest BCUT2D eigenvalue weighted by molar-refractivity contribution is 9.42. The Morgan fingerprint density at radius 1 is 0.346 bits per heavy atom. The Labute approximate surface area is 294 Å². The van der Waals surface area contributed by atoms with Crippen LogP contribution in [0.3, 0.4) is 0 Å². The second kappa shape index (κ2) is 10.8. The number of alkyl halides is 17. The largest absolute Gasteiger partial charge is 0.368 e. The van der Waals surface area contributed by atoms with Crippen LogP contribution < -0.4 is 0 Å². The smallest absolute Gasteiger partial charge is 0.202 e. The van der Waals surface area contributed by atoms with Gasteiger partial charge >= 0.3 is 0 Å². The summed E-state index contributed by atoms with van der Waals surface area (Å²) < 4.78 is -8.96. The third-order valence-corrected chi connectivity index (χ3v) is 31.6. The fourth-order valence-electron chi connectivity index (χ4n) is 1.32. The minimum absolute atomic E-state index is 0.896. The second-order valence-corrected chi connectivity index (χ2v) is 36.3. The van der Waals surface area contributed by atoms with Crippen molar-refractivity contribution in [3.8, 4) is 0 Å². The minimum atomic E-state index is -1.58. The van der Waals surface area contributed by atoms with E-state index in [9.17, 15) is 5.11 Å². The first-order chi connectivity index (χ1) is 10.8. The van der Waals surface area contributed by atoms with Crippen LogP contribution in [0.4, 0.5) is 0 Å². The van der Waals surface area contributed by atoms with Crippen molar-refractivity contribution in [2.45, 2.75) is 25.0 Å². The lowest BCUT2D eigenvalue weighted by Crippen LogP contribution is -2.70. The van der Waals surface area contributed by atoms with Crippen molar-refractivity contribution in [1.29, 1.82) is 0 Å². The molecule has 18 heteroatoms. The SMILES string of the molecule is OC(Br)(Br)C(Br)(Br)C(Br)(Br)C(Br)(Br)C(Br)(Br)C(Br)(C(Br)(Br)Br)C(Br)(Br)Br. The number of aliphatic hydroxyl groups is 1. The quantitative estimate of drug-likeness (QED) is 0.272. The number of hydrogen-bond donors (Lipinski definition) is 1.